The molecule has 2 aliphatic heterocycles. The molecule has 0 bridgehead atoms. The number of nitrogens with zero attached hydrogens (tertiary/aromatic N) is 1. The fourth-order valence-electron chi connectivity index (χ4n) is 5.04. The maximum atomic E-state index is 12.0. The van der Waals surface area contributed by atoms with Gasteiger partial charge < -0.3 is 14.4 Å². The zero-order valence-corrected chi connectivity index (χ0v) is 15.2. The van der Waals surface area contributed by atoms with Crippen LogP contribution in [-0.2, 0) is 14.3 Å². The van der Waals surface area contributed by atoms with Crippen LogP contribution >= 0.6 is 15.9 Å². The van der Waals surface area contributed by atoms with Crippen molar-refractivity contribution in [2.24, 2.45) is 10.8 Å². The zero-order valence-electron chi connectivity index (χ0n) is 13.6. The lowest BCUT2D eigenvalue weighted by Crippen LogP contribution is -2.49. The standard InChI is InChI=1S/C18H22BrNO3/c1-20-7-3-5-17-6-4-13(21)9-15(17)23-16-14(22-2)8-12(19)10-18(16,17)11-20/h4,6,8,15H,3,5,7,9-11H2,1-2H3. The molecule has 0 radical (unpaired) electrons. The Morgan fingerprint density at radius 1 is 1.48 bits per heavy atom. The van der Waals surface area contributed by atoms with E-state index in [0.717, 1.165) is 48.4 Å². The van der Waals surface area contributed by atoms with Crippen LogP contribution in [0.4, 0.5) is 0 Å². The van der Waals surface area contributed by atoms with E-state index >= 15 is 0 Å². The van der Waals surface area contributed by atoms with E-state index in [1.165, 1.54) is 0 Å². The molecule has 0 aromatic carbocycles. The number of hydrogen-bond donors (Lipinski definition) is 0. The fraction of sp³-hybridized carbons (Fsp3) is 0.611. The summed E-state index contributed by atoms with van der Waals surface area (Å²) in [5, 5.41) is 0. The molecule has 0 N–H and O–H groups in total. The molecule has 2 saturated heterocycles. The Morgan fingerprint density at radius 2 is 2.30 bits per heavy atom. The lowest BCUT2D eigenvalue weighted by atomic mass is 9.55. The molecule has 2 spiro atoms. The third-order valence-electron chi connectivity index (χ3n) is 5.99. The van der Waals surface area contributed by atoms with Gasteiger partial charge in [0, 0.05) is 18.4 Å². The second-order valence-electron chi connectivity index (χ2n) is 7.24. The summed E-state index contributed by atoms with van der Waals surface area (Å²) in [5.74, 6) is 1.91. The summed E-state index contributed by atoms with van der Waals surface area (Å²) in [6.45, 7) is 2.00. The van der Waals surface area contributed by atoms with Crippen LogP contribution in [0.1, 0.15) is 25.7 Å². The second-order valence-corrected chi connectivity index (χ2v) is 8.26. The van der Waals surface area contributed by atoms with Crippen molar-refractivity contribution in [3.8, 4) is 0 Å². The molecule has 4 rings (SSSR count). The molecule has 0 aromatic heterocycles. The number of allylic oxidation sites excluding steroid dienone is 3. The van der Waals surface area contributed by atoms with Crippen molar-refractivity contribution < 1.29 is 14.3 Å². The van der Waals surface area contributed by atoms with Crippen LogP contribution in [0.3, 0.4) is 0 Å². The number of halogens is 1. The molecule has 0 aromatic rings. The van der Waals surface area contributed by atoms with Gasteiger partial charge in [-0.2, -0.15) is 0 Å². The molecule has 5 heteroatoms. The van der Waals surface area contributed by atoms with Gasteiger partial charge >= 0.3 is 0 Å². The van der Waals surface area contributed by atoms with Gasteiger partial charge in [-0.15, -0.1) is 0 Å². The minimum Gasteiger partial charge on any atom is -0.493 e. The van der Waals surface area contributed by atoms with Gasteiger partial charge in [0.05, 0.1) is 12.5 Å². The van der Waals surface area contributed by atoms with E-state index < -0.39 is 0 Å². The first-order chi connectivity index (χ1) is 11.0. The van der Waals surface area contributed by atoms with Gasteiger partial charge in [-0.05, 0) is 49.5 Å². The SMILES string of the molecule is COC1=C2OC3CC(=O)C=CC34CCCN(C)CC24CC(Br)=C1. The Labute approximate surface area is 145 Å². The van der Waals surface area contributed by atoms with Crippen LogP contribution in [0.15, 0.2) is 34.2 Å². The van der Waals surface area contributed by atoms with E-state index in [-0.39, 0.29) is 22.7 Å². The minimum atomic E-state index is -0.154. The number of hydrogen-bond acceptors (Lipinski definition) is 4. The van der Waals surface area contributed by atoms with Crippen LogP contribution in [0, 0.1) is 10.8 Å². The van der Waals surface area contributed by atoms with E-state index in [0.29, 0.717) is 6.42 Å². The van der Waals surface area contributed by atoms with Crippen molar-refractivity contribution in [1.82, 2.24) is 4.90 Å². The van der Waals surface area contributed by atoms with Crippen molar-refractivity contribution >= 4 is 21.7 Å². The lowest BCUT2D eigenvalue weighted by Gasteiger charge is -2.46. The quantitative estimate of drug-likeness (QED) is 0.701. The number of likely N-dealkylation sites (tertiary alicyclic amines) is 1. The van der Waals surface area contributed by atoms with E-state index in [4.69, 9.17) is 9.47 Å². The van der Waals surface area contributed by atoms with Crippen LogP contribution in [-0.4, -0.2) is 44.0 Å². The van der Waals surface area contributed by atoms with Gasteiger partial charge in [-0.1, -0.05) is 22.0 Å². The molecule has 2 fully saturated rings. The maximum Gasteiger partial charge on any atom is 0.159 e. The van der Waals surface area contributed by atoms with Gasteiger partial charge in [0.2, 0.25) is 0 Å². The summed E-state index contributed by atoms with van der Waals surface area (Å²) < 4.78 is 13.2. The van der Waals surface area contributed by atoms with E-state index in [9.17, 15) is 4.79 Å². The zero-order chi connectivity index (χ0) is 16.2. The van der Waals surface area contributed by atoms with Gasteiger partial charge in [0.25, 0.3) is 0 Å². The summed E-state index contributed by atoms with van der Waals surface area (Å²) in [4.78, 5) is 14.4. The molecule has 124 valence electrons. The number of carbonyl (C=O) groups excluding carboxylic acids is 1. The maximum absolute atomic E-state index is 12.0. The van der Waals surface area contributed by atoms with Crippen molar-refractivity contribution in [3.05, 3.63) is 34.2 Å². The molecule has 4 aliphatic rings. The molecule has 2 heterocycles. The topological polar surface area (TPSA) is 38.8 Å². The normalized spacial score (nSPS) is 39.9. The smallest absolute Gasteiger partial charge is 0.159 e. The van der Waals surface area contributed by atoms with Crippen molar-refractivity contribution in [2.75, 3.05) is 27.2 Å². The average Bonchev–Trinajstić information content (AvgIpc) is 2.68. The third kappa shape index (κ3) is 2.02. The Morgan fingerprint density at radius 3 is 3.09 bits per heavy atom. The van der Waals surface area contributed by atoms with E-state index in [2.05, 4.69) is 34.0 Å². The Bertz CT molecular complexity index is 653. The van der Waals surface area contributed by atoms with Crippen molar-refractivity contribution in [2.45, 2.75) is 31.8 Å². The molecular weight excluding hydrogens is 358 g/mol. The molecule has 4 nitrogen and oxygen atoms in total. The number of carbonyl (C=O) groups is 1. The van der Waals surface area contributed by atoms with Crippen LogP contribution in [0.25, 0.3) is 0 Å². The summed E-state index contributed by atoms with van der Waals surface area (Å²) in [7, 11) is 3.87. The summed E-state index contributed by atoms with van der Waals surface area (Å²) in [6, 6.07) is 0. The van der Waals surface area contributed by atoms with Gasteiger partial charge in [-0.3, -0.25) is 4.79 Å². The number of rotatable bonds is 1. The molecule has 0 saturated carbocycles. The highest BCUT2D eigenvalue weighted by Crippen LogP contribution is 2.66. The minimum absolute atomic E-state index is 0.0709. The third-order valence-corrected chi connectivity index (χ3v) is 6.49. The molecule has 3 unspecified atom stereocenters. The van der Waals surface area contributed by atoms with Crippen LogP contribution in [0.5, 0.6) is 0 Å². The van der Waals surface area contributed by atoms with Gasteiger partial charge in [0.15, 0.2) is 11.5 Å². The van der Waals surface area contributed by atoms with E-state index in [1.54, 1.807) is 13.2 Å². The first kappa shape index (κ1) is 15.5. The summed E-state index contributed by atoms with van der Waals surface area (Å²) in [5.41, 5.74) is -0.267. The molecule has 2 aliphatic carbocycles. The molecular formula is C18H22BrNO3. The van der Waals surface area contributed by atoms with Crippen LogP contribution in [0.2, 0.25) is 0 Å². The molecule has 3 atom stereocenters. The van der Waals surface area contributed by atoms with Gasteiger partial charge in [-0.25, -0.2) is 0 Å². The van der Waals surface area contributed by atoms with E-state index in [1.807, 2.05) is 6.08 Å². The first-order valence-corrected chi connectivity index (χ1v) is 9.02. The summed E-state index contributed by atoms with van der Waals surface area (Å²) in [6.07, 6.45) is 9.43. The number of ketones is 1. The highest BCUT2D eigenvalue weighted by atomic mass is 79.9. The second kappa shape index (κ2) is 5.21. The van der Waals surface area contributed by atoms with Crippen molar-refractivity contribution in [1.29, 1.82) is 0 Å². The lowest BCUT2D eigenvalue weighted by molar-refractivity contribution is -0.118. The number of methoxy groups -OCH3 is 1. The van der Waals surface area contributed by atoms with Gasteiger partial charge in [0.1, 0.15) is 11.9 Å². The molecule has 23 heavy (non-hydrogen) atoms. The average molecular weight is 380 g/mol. The Hall–Kier alpha value is -1.07. The highest BCUT2D eigenvalue weighted by Gasteiger charge is 2.66. The largest absolute Gasteiger partial charge is 0.493 e. The predicted molar refractivity (Wildman–Crippen MR) is 90.9 cm³/mol. The summed E-state index contributed by atoms with van der Waals surface area (Å²) >= 11 is 3.72. The molecule has 0 amide bonds. The Balaban J connectivity index is 1.95. The predicted octanol–water partition coefficient (Wildman–Crippen LogP) is 3.15. The Kier molecular flexibility index (Phi) is 3.50. The fourth-order valence-corrected chi connectivity index (χ4v) is 5.73. The van der Waals surface area contributed by atoms with Crippen molar-refractivity contribution in [3.63, 3.8) is 0 Å². The van der Waals surface area contributed by atoms with Crippen LogP contribution < -0.4 is 0 Å². The highest BCUT2D eigenvalue weighted by molar-refractivity contribution is 9.11. The monoisotopic (exact) mass is 379 g/mol. The number of ether oxygens (including phenoxy) is 2. The first-order valence-electron chi connectivity index (χ1n) is 8.23.